The van der Waals surface area contributed by atoms with Crippen LogP contribution < -0.4 is 5.32 Å². The molecule has 1 aromatic rings. The molecular formula is C11H20N4O. The summed E-state index contributed by atoms with van der Waals surface area (Å²) < 4.78 is 1.64. The highest BCUT2D eigenvalue weighted by Gasteiger charge is 2.07. The number of nitrogens with one attached hydrogen (secondary N) is 1. The molecule has 0 aromatic carbocycles. The molecule has 0 aliphatic carbocycles. The van der Waals surface area contributed by atoms with E-state index in [9.17, 15) is 4.79 Å². The quantitative estimate of drug-likeness (QED) is 0.693. The number of hydrogen-bond acceptors (Lipinski definition) is 4. The molecule has 90 valence electrons. The summed E-state index contributed by atoms with van der Waals surface area (Å²) in [5.74, 6) is 0.962. The molecule has 16 heavy (non-hydrogen) atoms. The summed E-state index contributed by atoms with van der Waals surface area (Å²) in [5.41, 5.74) is 0. The fourth-order valence-electron chi connectivity index (χ4n) is 1.42. The third kappa shape index (κ3) is 4.53. The van der Waals surface area contributed by atoms with Crippen molar-refractivity contribution in [1.29, 1.82) is 0 Å². The molecule has 1 heterocycles. The van der Waals surface area contributed by atoms with Gasteiger partial charge in [-0.2, -0.15) is 5.10 Å². The molecule has 0 aliphatic heterocycles. The number of ketones is 1. The molecule has 1 rings (SSSR count). The first-order valence-electron chi connectivity index (χ1n) is 5.67. The maximum Gasteiger partial charge on any atom is 0.140 e. The molecule has 0 bridgehead atoms. The van der Waals surface area contributed by atoms with Gasteiger partial charge in [-0.1, -0.05) is 13.8 Å². The van der Waals surface area contributed by atoms with Crippen LogP contribution in [0.25, 0.3) is 0 Å². The van der Waals surface area contributed by atoms with Crippen molar-refractivity contribution >= 4 is 5.78 Å². The summed E-state index contributed by atoms with van der Waals surface area (Å²) in [5, 5.41) is 7.22. The van der Waals surface area contributed by atoms with E-state index in [0.29, 0.717) is 18.9 Å². The van der Waals surface area contributed by atoms with E-state index in [4.69, 9.17) is 0 Å². The number of rotatable bonds is 7. The predicted molar refractivity (Wildman–Crippen MR) is 62.1 cm³/mol. The van der Waals surface area contributed by atoms with E-state index < -0.39 is 0 Å². The maximum absolute atomic E-state index is 11.6. The molecule has 5 heteroatoms. The molecule has 0 atom stereocenters. The van der Waals surface area contributed by atoms with Crippen LogP contribution in [0.5, 0.6) is 0 Å². The third-order valence-corrected chi connectivity index (χ3v) is 2.35. The van der Waals surface area contributed by atoms with Crippen LogP contribution in [-0.2, 0) is 18.3 Å². The molecule has 0 unspecified atom stereocenters. The van der Waals surface area contributed by atoms with Crippen LogP contribution in [0, 0.1) is 0 Å². The lowest BCUT2D eigenvalue weighted by atomic mass is 10.1. The molecule has 0 aliphatic rings. The molecule has 1 aromatic heterocycles. The van der Waals surface area contributed by atoms with Gasteiger partial charge in [0.05, 0.1) is 6.42 Å². The monoisotopic (exact) mass is 224 g/mol. The Bertz CT molecular complexity index is 332. The summed E-state index contributed by atoms with van der Waals surface area (Å²) in [4.78, 5) is 15.6. The van der Waals surface area contributed by atoms with Crippen molar-refractivity contribution in [1.82, 2.24) is 20.1 Å². The first kappa shape index (κ1) is 12.8. The van der Waals surface area contributed by atoms with Crippen molar-refractivity contribution in [3.8, 4) is 0 Å². The highest BCUT2D eigenvalue weighted by Crippen LogP contribution is 1.98. The Morgan fingerprint density at radius 3 is 2.88 bits per heavy atom. The number of hydrogen-bond donors (Lipinski definition) is 1. The number of aryl methyl sites for hydroxylation is 1. The minimum Gasteiger partial charge on any atom is -0.315 e. The van der Waals surface area contributed by atoms with Gasteiger partial charge in [-0.25, -0.2) is 4.98 Å². The predicted octanol–water partition coefficient (Wildman–Crippen LogP) is 0.705. The van der Waals surface area contributed by atoms with E-state index in [1.165, 1.54) is 6.33 Å². The van der Waals surface area contributed by atoms with Crippen LogP contribution in [0.4, 0.5) is 0 Å². The lowest BCUT2D eigenvalue weighted by molar-refractivity contribution is -0.118. The van der Waals surface area contributed by atoms with E-state index in [-0.39, 0.29) is 5.78 Å². The van der Waals surface area contributed by atoms with Crippen LogP contribution in [0.3, 0.4) is 0 Å². The number of carbonyl (C=O) groups excluding carboxylic acids is 1. The van der Waals surface area contributed by atoms with Crippen LogP contribution in [0.15, 0.2) is 6.33 Å². The van der Waals surface area contributed by atoms with E-state index in [0.717, 1.165) is 18.8 Å². The smallest absolute Gasteiger partial charge is 0.140 e. The lowest BCUT2D eigenvalue weighted by Gasteiger charge is -2.06. The average molecular weight is 224 g/mol. The Labute approximate surface area is 96.3 Å². The van der Waals surface area contributed by atoms with Crippen molar-refractivity contribution in [2.45, 2.75) is 39.2 Å². The molecule has 0 spiro atoms. The zero-order chi connectivity index (χ0) is 12.0. The van der Waals surface area contributed by atoms with Gasteiger partial charge >= 0.3 is 0 Å². The average Bonchev–Trinajstić information content (AvgIpc) is 2.59. The normalized spacial score (nSPS) is 11.0. The zero-order valence-corrected chi connectivity index (χ0v) is 10.2. The first-order valence-corrected chi connectivity index (χ1v) is 5.67. The van der Waals surface area contributed by atoms with Gasteiger partial charge in [0.25, 0.3) is 0 Å². The largest absolute Gasteiger partial charge is 0.315 e. The van der Waals surface area contributed by atoms with Crippen molar-refractivity contribution < 1.29 is 4.79 Å². The van der Waals surface area contributed by atoms with Gasteiger partial charge in [-0.05, 0) is 13.0 Å². The Morgan fingerprint density at radius 1 is 1.56 bits per heavy atom. The van der Waals surface area contributed by atoms with Gasteiger partial charge in [0.1, 0.15) is 17.9 Å². The molecule has 5 nitrogen and oxygen atoms in total. The number of aromatic nitrogens is 3. The lowest BCUT2D eigenvalue weighted by Crippen LogP contribution is -2.24. The topological polar surface area (TPSA) is 59.8 Å². The van der Waals surface area contributed by atoms with E-state index in [1.807, 2.05) is 0 Å². The van der Waals surface area contributed by atoms with Gasteiger partial charge in [0.2, 0.25) is 0 Å². The van der Waals surface area contributed by atoms with E-state index in [1.54, 1.807) is 11.7 Å². The van der Waals surface area contributed by atoms with Crippen molar-refractivity contribution in [3.05, 3.63) is 12.2 Å². The highest BCUT2D eigenvalue weighted by molar-refractivity contribution is 5.80. The number of nitrogens with zero attached hydrogens (tertiary/aromatic N) is 3. The fourth-order valence-corrected chi connectivity index (χ4v) is 1.42. The second-order valence-corrected chi connectivity index (χ2v) is 4.23. The minimum atomic E-state index is 0.224. The van der Waals surface area contributed by atoms with Crippen LogP contribution in [-0.4, -0.2) is 33.1 Å². The standard InChI is InChI=1S/C11H20N4O/c1-9(2)12-6-4-5-10(16)7-11-13-8-14-15(11)3/h8-9,12H,4-7H2,1-3H3. The first-order chi connectivity index (χ1) is 7.59. The molecule has 1 N–H and O–H groups in total. The van der Waals surface area contributed by atoms with E-state index in [2.05, 4.69) is 29.2 Å². The molecule has 0 amide bonds. The Balaban J connectivity index is 2.19. The summed E-state index contributed by atoms with van der Waals surface area (Å²) in [7, 11) is 1.80. The van der Waals surface area contributed by atoms with Gasteiger partial charge in [-0.15, -0.1) is 0 Å². The Morgan fingerprint density at radius 2 is 2.31 bits per heavy atom. The Hall–Kier alpha value is -1.23. The second kappa shape index (κ2) is 6.37. The summed E-state index contributed by atoms with van der Waals surface area (Å²) in [6.45, 7) is 5.09. The minimum absolute atomic E-state index is 0.224. The second-order valence-electron chi connectivity index (χ2n) is 4.23. The fraction of sp³-hybridized carbons (Fsp3) is 0.727. The number of carbonyl (C=O) groups is 1. The van der Waals surface area contributed by atoms with Gasteiger partial charge in [-0.3, -0.25) is 9.48 Å². The van der Waals surface area contributed by atoms with Gasteiger partial charge < -0.3 is 5.32 Å². The maximum atomic E-state index is 11.6. The zero-order valence-electron chi connectivity index (χ0n) is 10.2. The van der Waals surface area contributed by atoms with E-state index >= 15 is 0 Å². The molecule has 0 fully saturated rings. The van der Waals surface area contributed by atoms with Gasteiger partial charge in [0, 0.05) is 19.5 Å². The SMILES string of the molecule is CC(C)NCCCC(=O)Cc1ncnn1C. The highest BCUT2D eigenvalue weighted by atomic mass is 16.1. The van der Waals surface area contributed by atoms with Crippen LogP contribution >= 0.6 is 0 Å². The van der Waals surface area contributed by atoms with Crippen molar-refractivity contribution in [3.63, 3.8) is 0 Å². The summed E-state index contributed by atoms with van der Waals surface area (Å²) in [6, 6.07) is 0.480. The van der Waals surface area contributed by atoms with Crippen molar-refractivity contribution in [2.75, 3.05) is 6.54 Å². The van der Waals surface area contributed by atoms with Crippen molar-refractivity contribution in [2.24, 2.45) is 7.05 Å². The summed E-state index contributed by atoms with van der Waals surface area (Å²) in [6.07, 6.45) is 3.35. The molecule has 0 radical (unpaired) electrons. The molecular weight excluding hydrogens is 204 g/mol. The van der Waals surface area contributed by atoms with Gasteiger partial charge in [0.15, 0.2) is 0 Å². The van der Waals surface area contributed by atoms with Crippen LogP contribution in [0.2, 0.25) is 0 Å². The molecule has 0 saturated carbocycles. The third-order valence-electron chi connectivity index (χ3n) is 2.35. The summed E-state index contributed by atoms with van der Waals surface area (Å²) >= 11 is 0. The Kier molecular flexibility index (Phi) is 5.11. The number of Topliss-reactive ketones (excluding diaryl/α,β-unsaturated/α-hetero) is 1. The molecule has 0 saturated heterocycles. The van der Waals surface area contributed by atoms with Crippen LogP contribution in [0.1, 0.15) is 32.5 Å².